The molecule has 2 aromatic rings. The average Bonchev–Trinajstić information content (AvgIpc) is 2.82. The van der Waals surface area contributed by atoms with Gasteiger partial charge in [-0.3, -0.25) is 9.69 Å². The third-order valence-corrected chi connectivity index (χ3v) is 5.94. The first kappa shape index (κ1) is 25.7. The molecule has 8 nitrogen and oxygen atoms in total. The Labute approximate surface area is 202 Å². The minimum atomic E-state index is -0.331. The number of likely N-dealkylation sites (N-methyl/N-ethyl adjacent to an activating group) is 1. The molecule has 0 aliphatic carbocycles. The van der Waals surface area contributed by atoms with Crippen LogP contribution in [0.3, 0.4) is 0 Å². The number of piperazine rings is 1. The zero-order valence-corrected chi connectivity index (χ0v) is 20.3. The highest BCUT2D eigenvalue weighted by atomic mass is 16.5. The number of aryl methyl sites for hydroxylation is 1. The molecule has 4 N–H and O–H groups in total. The van der Waals surface area contributed by atoms with E-state index in [4.69, 9.17) is 20.9 Å². The number of hydrogen-bond donors (Lipinski definition) is 2. The first-order valence-electron chi connectivity index (χ1n) is 11.8. The largest absolute Gasteiger partial charge is 0.493 e. The molecular weight excluding hydrogens is 430 g/mol. The van der Waals surface area contributed by atoms with E-state index in [1.165, 1.54) is 5.56 Å². The van der Waals surface area contributed by atoms with Crippen molar-refractivity contribution in [1.29, 1.82) is 0 Å². The zero-order chi connectivity index (χ0) is 24.3. The number of carbonyl (C=O) groups excluding carboxylic acids is 1. The van der Waals surface area contributed by atoms with E-state index in [1.807, 2.05) is 12.1 Å². The van der Waals surface area contributed by atoms with Gasteiger partial charge in [0, 0.05) is 64.8 Å². The molecule has 3 rings (SSSR count). The van der Waals surface area contributed by atoms with Crippen LogP contribution in [0.4, 0.5) is 0 Å². The van der Waals surface area contributed by atoms with Gasteiger partial charge in [-0.1, -0.05) is 36.4 Å². The smallest absolute Gasteiger partial charge is 0.249 e. The monoisotopic (exact) mass is 467 g/mol. The van der Waals surface area contributed by atoms with Gasteiger partial charge >= 0.3 is 0 Å². The van der Waals surface area contributed by atoms with Gasteiger partial charge in [-0.25, -0.2) is 0 Å². The van der Waals surface area contributed by atoms with Crippen molar-refractivity contribution in [3.63, 3.8) is 0 Å². The fourth-order valence-electron chi connectivity index (χ4n) is 3.97. The summed E-state index contributed by atoms with van der Waals surface area (Å²) in [5, 5.41) is 0. The van der Waals surface area contributed by atoms with Crippen LogP contribution >= 0.6 is 0 Å². The molecule has 184 valence electrons. The summed E-state index contributed by atoms with van der Waals surface area (Å²) in [4.78, 5) is 20.3. The second-order valence-electron chi connectivity index (χ2n) is 8.73. The average molecular weight is 468 g/mol. The van der Waals surface area contributed by atoms with Gasteiger partial charge in [-0.05, 0) is 36.2 Å². The minimum absolute atomic E-state index is 0.210. The van der Waals surface area contributed by atoms with Gasteiger partial charge in [0.25, 0.3) is 0 Å². The van der Waals surface area contributed by atoms with E-state index >= 15 is 0 Å². The molecular formula is C26H37N5O3. The quantitative estimate of drug-likeness (QED) is 0.297. The number of nitrogens with zero attached hydrogens (tertiary/aromatic N) is 3. The molecule has 1 aliphatic heterocycles. The predicted molar refractivity (Wildman–Crippen MR) is 136 cm³/mol. The number of hydrogen-bond acceptors (Lipinski definition) is 5. The summed E-state index contributed by atoms with van der Waals surface area (Å²) < 4.78 is 11.3. The normalized spacial score (nSPS) is 14.6. The van der Waals surface area contributed by atoms with Crippen molar-refractivity contribution in [2.24, 2.45) is 16.5 Å². The van der Waals surface area contributed by atoms with Crippen molar-refractivity contribution in [1.82, 2.24) is 9.80 Å². The lowest BCUT2D eigenvalue weighted by atomic mass is 9.99. The molecule has 1 saturated heterocycles. The highest BCUT2D eigenvalue weighted by molar-refractivity contribution is 5.91. The van der Waals surface area contributed by atoms with E-state index < -0.39 is 0 Å². The lowest BCUT2D eigenvalue weighted by molar-refractivity contribution is -0.117. The highest BCUT2D eigenvalue weighted by Gasteiger charge is 2.14. The summed E-state index contributed by atoms with van der Waals surface area (Å²) in [6, 6.07) is 14.8. The van der Waals surface area contributed by atoms with Gasteiger partial charge in [0.1, 0.15) is 5.75 Å². The van der Waals surface area contributed by atoms with E-state index in [0.29, 0.717) is 19.6 Å². The molecule has 0 spiro atoms. The standard InChI is InChI=1S/C26H37N5O3/c1-30-12-14-31(15-13-30)19-21-4-8-22(9-5-21)23-10-6-20(7-11-25(32)29-26(27)28)18-24(23)34-17-3-16-33-2/h4-6,8-10,18H,3,7,11-17,19H2,1-2H3,(H4,27,28,29,32). The van der Waals surface area contributed by atoms with Crippen molar-refractivity contribution in [2.75, 3.05) is 53.6 Å². The summed E-state index contributed by atoms with van der Waals surface area (Å²) in [5.41, 5.74) is 15.0. The molecule has 1 heterocycles. The Kier molecular flexibility index (Phi) is 9.88. The molecule has 0 bridgehead atoms. The molecule has 0 radical (unpaired) electrons. The van der Waals surface area contributed by atoms with E-state index in [0.717, 1.165) is 61.6 Å². The number of amides is 1. The molecule has 34 heavy (non-hydrogen) atoms. The Morgan fingerprint density at radius 1 is 1.00 bits per heavy atom. The third-order valence-electron chi connectivity index (χ3n) is 5.94. The number of aliphatic imine (C=N–C) groups is 1. The minimum Gasteiger partial charge on any atom is -0.493 e. The Bertz CT molecular complexity index is 949. The number of guanidine groups is 1. The van der Waals surface area contributed by atoms with Crippen LogP contribution in [0, 0.1) is 0 Å². The summed E-state index contributed by atoms with van der Waals surface area (Å²) in [6.45, 7) is 6.60. The zero-order valence-electron chi connectivity index (χ0n) is 20.3. The van der Waals surface area contributed by atoms with Gasteiger partial charge in [0.15, 0.2) is 5.96 Å². The second-order valence-corrected chi connectivity index (χ2v) is 8.73. The fraction of sp³-hybridized carbons (Fsp3) is 0.462. The lowest BCUT2D eigenvalue weighted by Gasteiger charge is -2.32. The molecule has 0 atom stereocenters. The maximum atomic E-state index is 11.8. The van der Waals surface area contributed by atoms with Crippen LogP contribution in [0.1, 0.15) is 24.0 Å². The number of ether oxygens (including phenoxy) is 2. The molecule has 1 amide bonds. The van der Waals surface area contributed by atoms with E-state index in [9.17, 15) is 4.79 Å². The van der Waals surface area contributed by atoms with Crippen LogP contribution in [0.5, 0.6) is 5.75 Å². The van der Waals surface area contributed by atoms with Crippen molar-refractivity contribution in [3.05, 3.63) is 53.6 Å². The maximum Gasteiger partial charge on any atom is 0.249 e. The first-order chi connectivity index (χ1) is 16.4. The molecule has 0 aromatic heterocycles. The van der Waals surface area contributed by atoms with Gasteiger partial charge < -0.3 is 25.8 Å². The van der Waals surface area contributed by atoms with E-state index in [2.05, 4.69) is 52.2 Å². The van der Waals surface area contributed by atoms with Crippen LogP contribution in [-0.4, -0.2) is 75.2 Å². The van der Waals surface area contributed by atoms with Crippen molar-refractivity contribution < 1.29 is 14.3 Å². The Hall–Kier alpha value is -2.94. The van der Waals surface area contributed by atoms with Crippen LogP contribution < -0.4 is 16.2 Å². The van der Waals surface area contributed by atoms with E-state index in [1.54, 1.807) is 7.11 Å². The molecule has 1 fully saturated rings. The summed E-state index contributed by atoms with van der Waals surface area (Å²) in [7, 11) is 3.86. The van der Waals surface area contributed by atoms with Crippen molar-refractivity contribution in [3.8, 4) is 16.9 Å². The van der Waals surface area contributed by atoms with Crippen molar-refractivity contribution >= 4 is 11.9 Å². The fourth-order valence-corrected chi connectivity index (χ4v) is 3.97. The Balaban J connectivity index is 1.71. The predicted octanol–water partition coefficient (Wildman–Crippen LogP) is 2.25. The number of rotatable bonds is 11. The number of benzene rings is 2. The topological polar surface area (TPSA) is 106 Å². The van der Waals surface area contributed by atoms with Crippen LogP contribution in [0.15, 0.2) is 47.5 Å². The summed E-state index contributed by atoms with van der Waals surface area (Å²) in [5.74, 6) is 0.260. The van der Waals surface area contributed by atoms with Crippen LogP contribution in [0.2, 0.25) is 0 Å². The van der Waals surface area contributed by atoms with Gasteiger partial charge in [0.2, 0.25) is 5.91 Å². The van der Waals surface area contributed by atoms with Crippen molar-refractivity contribution in [2.45, 2.75) is 25.8 Å². The number of nitrogens with two attached hydrogens (primary N) is 2. The summed E-state index contributed by atoms with van der Waals surface area (Å²) >= 11 is 0. The van der Waals surface area contributed by atoms with Crippen LogP contribution in [-0.2, 0) is 22.5 Å². The maximum absolute atomic E-state index is 11.8. The second kappa shape index (κ2) is 13.1. The summed E-state index contributed by atoms with van der Waals surface area (Å²) in [6.07, 6.45) is 1.57. The first-order valence-corrected chi connectivity index (χ1v) is 11.8. The molecule has 2 aromatic carbocycles. The Morgan fingerprint density at radius 2 is 1.71 bits per heavy atom. The van der Waals surface area contributed by atoms with Crippen LogP contribution in [0.25, 0.3) is 11.1 Å². The lowest BCUT2D eigenvalue weighted by Crippen LogP contribution is -2.43. The molecule has 1 aliphatic rings. The van der Waals surface area contributed by atoms with Gasteiger partial charge in [0.05, 0.1) is 6.61 Å². The number of carbonyl (C=O) groups is 1. The molecule has 8 heteroatoms. The van der Waals surface area contributed by atoms with Gasteiger partial charge in [-0.15, -0.1) is 0 Å². The van der Waals surface area contributed by atoms with Gasteiger partial charge in [-0.2, -0.15) is 4.99 Å². The molecule has 0 unspecified atom stereocenters. The highest BCUT2D eigenvalue weighted by Crippen LogP contribution is 2.32. The SMILES string of the molecule is COCCCOc1cc(CCC(=O)N=C(N)N)ccc1-c1ccc(CN2CCN(C)CC2)cc1. The third kappa shape index (κ3) is 8.13. The molecule has 0 saturated carbocycles. The van der Waals surface area contributed by atoms with E-state index in [-0.39, 0.29) is 18.3 Å². The number of methoxy groups -OCH3 is 1. The Morgan fingerprint density at radius 3 is 2.38 bits per heavy atom.